The lowest BCUT2D eigenvalue weighted by atomic mass is 9.54. The first-order chi connectivity index (χ1) is 7.26. The summed E-state index contributed by atoms with van der Waals surface area (Å²) in [5.41, 5.74) is 0. The highest BCUT2D eigenvalue weighted by Gasteiger charge is 2.60. The van der Waals surface area contributed by atoms with Crippen molar-refractivity contribution in [2.75, 3.05) is 6.61 Å². The van der Waals surface area contributed by atoms with Crippen LogP contribution in [-0.4, -0.2) is 16.8 Å². The normalized spacial score (nSPS) is 61.8. The molecular formula is C13H20OS. The zero-order valence-corrected chi connectivity index (χ0v) is 10.3. The maximum atomic E-state index is 6.29. The monoisotopic (exact) mass is 224 g/mol. The van der Waals surface area contributed by atoms with Crippen molar-refractivity contribution in [2.24, 2.45) is 23.7 Å². The number of ether oxygens (including phenoxy) is 1. The van der Waals surface area contributed by atoms with Crippen LogP contribution in [0.4, 0.5) is 0 Å². The number of thioether (sulfide) groups is 1. The fourth-order valence-electron chi connectivity index (χ4n) is 4.90. The van der Waals surface area contributed by atoms with Crippen LogP contribution in [0.2, 0.25) is 0 Å². The number of hydrogen-bond acceptors (Lipinski definition) is 2. The second kappa shape index (κ2) is 2.95. The average molecular weight is 224 g/mol. The first-order valence-electron chi connectivity index (χ1n) is 6.58. The van der Waals surface area contributed by atoms with E-state index in [1.54, 1.807) is 6.42 Å². The average Bonchev–Trinajstić information content (AvgIpc) is 2.57. The summed E-state index contributed by atoms with van der Waals surface area (Å²) >= 11 is 2.18. The summed E-state index contributed by atoms with van der Waals surface area (Å²) in [6, 6.07) is 0. The Morgan fingerprint density at radius 3 is 2.07 bits per heavy atom. The first-order valence-corrected chi connectivity index (χ1v) is 7.46. The van der Waals surface area contributed by atoms with Gasteiger partial charge in [-0.2, -0.15) is 0 Å². The molecule has 0 aromatic rings. The third-order valence-electron chi connectivity index (χ3n) is 5.21. The number of hydrogen-bond donors (Lipinski definition) is 0. The second-order valence-electron chi connectivity index (χ2n) is 6.27. The highest BCUT2D eigenvalue weighted by molar-refractivity contribution is 8.01. The molecule has 0 N–H and O–H groups in total. The Labute approximate surface area is 96.3 Å². The molecule has 1 unspecified atom stereocenters. The van der Waals surface area contributed by atoms with Crippen LogP contribution in [-0.2, 0) is 4.74 Å². The van der Waals surface area contributed by atoms with Crippen molar-refractivity contribution in [3.8, 4) is 0 Å². The van der Waals surface area contributed by atoms with E-state index in [1.807, 2.05) is 0 Å². The van der Waals surface area contributed by atoms with Crippen molar-refractivity contribution in [1.29, 1.82) is 0 Å². The van der Waals surface area contributed by atoms with E-state index in [9.17, 15) is 0 Å². The van der Waals surface area contributed by atoms with Gasteiger partial charge in [-0.3, -0.25) is 0 Å². The Morgan fingerprint density at radius 2 is 1.60 bits per heavy atom. The lowest BCUT2D eigenvalue weighted by Crippen LogP contribution is -2.55. The topological polar surface area (TPSA) is 9.23 Å². The number of rotatable bonds is 0. The summed E-state index contributed by atoms with van der Waals surface area (Å²) in [5, 5.41) is 0.738. The van der Waals surface area contributed by atoms with E-state index < -0.39 is 0 Å². The van der Waals surface area contributed by atoms with Crippen molar-refractivity contribution in [2.45, 2.75) is 49.2 Å². The molecule has 15 heavy (non-hydrogen) atoms. The third kappa shape index (κ3) is 1.16. The molecule has 5 rings (SSSR count). The standard InChI is InChI=1S/C13H20OS/c1-8-7-14-13(15-8)11-3-9-2-10(5-11)6-12(13)4-9/h8-12H,2-7H2,1H3. The van der Waals surface area contributed by atoms with Gasteiger partial charge in [0.25, 0.3) is 0 Å². The molecule has 5 fully saturated rings. The SMILES string of the molecule is CC1COC2(S1)C1CC3CC(C1)CC2C3. The highest BCUT2D eigenvalue weighted by atomic mass is 32.2. The van der Waals surface area contributed by atoms with Gasteiger partial charge in [-0.25, -0.2) is 0 Å². The van der Waals surface area contributed by atoms with Crippen LogP contribution >= 0.6 is 11.8 Å². The van der Waals surface area contributed by atoms with Crippen LogP contribution in [0.15, 0.2) is 0 Å². The zero-order valence-electron chi connectivity index (χ0n) is 9.45. The van der Waals surface area contributed by atoms with Gasteiger partial charge in [0.1, 0.15) is 4.93 Å². The minimum Gasteiger partial charge on any atom is -0.363 e. The van der Waals surface area contributed by atoms with Crippen LogP contribution < -0.4 is 0 Å². The summed E-state index contributed by atoms with van der Waals surface area (Å²) < 4.78 is 6.29. The molecule has 4 aliphatic carbocycles. The summed E-state index contributed by atoms with van der Waals surface area (Å²) in [5.74, 6) is 3.95. The van der Waals surface area contributed by atoms with Crippen molar-refractivity contribution in [3.05, 3.63) is 0 Å². The lowest BCUT2D eigenvalue weighted by Gasteiger charge is -2.58. The second-order valence-corrected chi connectivity index (χ2v) is 7.94. The molecule has 1 saturated heterocycles. The van der Waals surface area contributed by atoms with E-state index in [1.165, 1.54) is 25.7 Å². The Balaban J connectivity index is 1.70. The largest absolute Gasteiger partial charge is 0.363 e. The Kier molecular flexibility index (Phi) is 1.84. The van der Waals surface area contributed by atoms with Gasteiger partial charge in [0.2, 0.25) is 0 Å². The van der Waals surface area contributed by atoms with Gasteiger partial charge in [0, 0.05) is 5.25 Å². The van der Waals surface area contributed by atoms with Gasteiger partial charge in [-0.05, 0) is 55.8 Å². The molecule has 0 radical (unpaired) electrons. The van der Waals surface area contributed by atoms with E-state index in [2.05, 4.69) is 18.7 Å². The highest BCUT2D eigenvalue weighted by Crippen LogP contribution is 2.65. The zero-order chi connectivity index (χ0) is 10.0. The minimum atomic E-state index is 0.285. The van der Waals surface area contributed by atoms with Crippen LogP contribution in [0.1, 0.15) is 39.0 Å². The first kappa shape index (κ1) is 9.35. The minimum absolute atomic E-state index is 0.285. The predicted molar refractivity (Wildman–Crippen MR) is 62.8 cm³/mol. The summed E-state index contributed by atoms with van der Waals surface area (Å²) in [6.45, 7) is 3.34. The molecule has 1 spiro atoms. The van der Waals surface area contributed by atoms with Crippen molar-refractivity contribution < 1.29 is 4.74 Å². The molecule has 4 saturated carbocycles. The smallest absolute Gasteiger partial charge is 0.119 e. The molecule has 2 heteroatoms. The van der Waals surface area contributed by atoms with Crippen LogP contribution in [0, 0.1) is 23.7 Å². The van der Waals surface area contributed by atoms with Crippen LogP contribution in [0.3, 0.4) is 0 Å². The van der Waals surface area contributed by atoms with E-state index in [-0.39, 0.29) is 4.93 Å². The lowest BCUT2D eigenvalue weighted by molar-refractivity contribution is -0.139. The molecule has 0 aromatic heterocycles. The summed E-state index contributed by atoms with van der Waals surface area (Å²) in [7, 11) is 0. The van der Waals surface area contributed by atoms with Gasteiger partial charge in [0.05, 0.1) is 6.61 Å². The molecule has 1 heterocycles. The Bertz CT molecular complexity index is 260. The fraction of sp³-hybridized carbons (Fsp3) is 1.00. The molecular weight excluding hydrogens is 204 g/mol. The summed E-state index contributed by atoms with van der Waals surface area (Å²) in [4.78, 5) is 0.285. The molecule has 0 amide bonds. The maximum absolute atomic E-state index is 6.29. The molecule has 5 aliphatic rings. The van der Waals surface area contributed by atoms with E-state index in [0.717, 1.165) is 35.5 Å². The van der Waals surface area contributed by atoms with Crippen molar-refractivity contribution in [1.82, 2.24) is 0 Å². The molecule has 0 aromatic carbocycles. The van der Waals surface area contributed by atoms with Gasteiger partial charge >= 0.3 is 0 Å². The van der Waals surface area contributed by atoms with Crippen molar-refractivity contribution in [3.63, 3.8) is 0 Å². The van der Waals surface area contributed by atoms with E-state index >= 15 is 0 Å². The van der Waals surface area contributed by atoms with Gasteiger partial charge in [-0.15, -0.1) is 11.8 Å². The Morgan fingerprint density at radius 1 is 1.00 bits per heavy atom. The van der Waals surface area contributed by atoms with E-state index in [4.69, 9.17) is 4.74 Å². The van der Waals surface area contributed by atoms with E-state index in [0.29, 0.717) is 0 Å². The van der Waals surface area contributed by atoms with Gasteiger partial charge < -0.3 is 4.74 Å². The quantitative estimate of drug-likeness (QED) is 0.624. The Hall–Kier alpha value is 0.310. The van der Waals surface area contributed by atoms with Crippen molar-refractivity contribution >= 4 is 11.8 Å². The predicted octanol–water partition coefficient (Wildman–Crippen LogP) is 3.29. The van der Waals surface area contributed by atoms with Gasteiger partial charge in [-0.1, -0.05) is 6.92 Å². The molecule has 1 nitrogen and oxygen atoms in total. The molecule has 1 atom stereocenters. The van der Waals surface area contributed by atoms with Gasteiger partial charge in [0.15, 0.2) is 0 Å². The molecule has 1 aliphatic heterocycles. The van der Waals surface area contributed by atoms with Crippen LogP contribution in [0.5, 0.6) is 0 Å². The third-order valence-corrected chi connectivity index (χ3v) is 6.90. The fourth-order valence-corrected chi connectivity index (χ4v) is 6.57. The molecule has 4 bridgehead atoms. The molecule has 84 valence electrons. The van der Waals surface area contributed by atoms with Crippen LogP contribution in [0.25, 0.3) is 0 Å². The maximum Gasteiger partial charge on any atom is 0.119 e. The summed E-state index contributed by atoms with van der Waals surface area (Å²) in [6.07, 6.45) is 7.46.